The van der Waals surface area contributed by atoms with Crippen LogP contribution in [0.3, 0.4) is 0 Å². The minimum atomic E-state index is 0.889. The molecule has 1 aliphatic carbocycles. The van der Waals surface area contributed by atoms with Crippen molar-refractivity contribution in [2.45, 2.75) is 32.2 Å². The minimum Gasteiger partial charge on any atom is -0.312 e. The molecule has 0 saturated heterocycles. The van der Waals surface area contributed by atoms with Gasteiger partial charge >= 0.3 is 0 Å². The summed E-state index contributed by atoms with van der Waals surface area (Å²) in [4.78, 5) is 1.33. The van der Waals surface area contributed by atoms with Crippen LogP contribution in [0.5, 0.6) is 0 Å². The number of halogens is 1. The summed E-state index contributed by atoms with van der Waals surface area (Å²) in [5.41, 5.74) is 0. The van der Waals surface area contributed by atoms with E-state index >= 15 is 0 Å². The molecular formula is C11H16ClNS. The van der Waals surface area contributed by atoms with Gasteiger partial charge in [-0.1, -0.05) is 24.4 Å². The maximum Gasteiger partial charge on any atom is 0.0931 e. The maximum atomic E-state index is 5.84. The lowest BCUT2D eigenvalue weighted by Crippen LogP contribution is -2.13. The molecule has 78 valence electrons. The van der Waals surface area contributed by atoms with Crippen LogP contribution in [0.1, 0.15) is 30.6 Å². The molecule has 0 aromatic carbocycles. The van der Waals surface area contributed by atoms with E-state index in [2.05, 4.69) is 11.4 Å². The summed E-state index contributed by atoms with van der Waals surface area (Å²) in [7, 11) is 0. The van der Waals surface area contributed by atoms with Crippen LogP contribution in [0.4, 0.5) is 0 Å². The zero-order chi connectivity index (χ0) is 9.80. The Bertz CT molecular complexity index is 281. The third kappa shape index (κ3) is 3.60. The van der Waals surface area contributed by atoms with E-state index in [4.69, 9.17) is 11.6 Å². The van der Waals surface area contributed by atoms with Gasteiger partial charge in [-0.05, 0) is 37.4 Å². The molecule has 0 spiro atoms. The van der Waals surface area contributed by atoms with Crippen molar-refractivity contribution in [1.82, 2.24) is 5.32 Å². The molecule has 1 aromatic rings. The Hall–Kier alpha value is -0.0500. The Balaban J connectivity index is 1.53. The van der Waals surface area contributed by atoms with Crippen molar-refractivity contribution in [1.29, 1.82) is 0 Å². The van der Waals surface area contributed by atoms with Crippen LogP contribution in [0.15, 0.2) is 12.1 Å². The summed E-state index contributed by atoms with van der Waals surface area (Å²) in [5, 5.41) is 3.45. The van der Waals surface area contributed by atoms with Crippen LogP contribution in [0, 0.1) is 5.92 Å². The average molecular weight is 230 g/mol. The number of hydrogen-bond acceptors (Lipinski definition) is 2. The van der Waals surface area contributed by atoms with Gasteiger partial charge in [0.05, 0.1) is 4.34 Å². The van der Waals surface area contributed by atoms with Crippen LogP contribution in [0.2, 0.25) is 4.34 Å². The minimum absolute atomic E-state index is 0.889. The highest BCUT2D eigenvalue weighted by Gasteiger charge is 2.19. The molecule has 1 aliphatic rings. The third-order valence-corrected chi connectivity index (χ3v) is 3.82. The summed E-state index contributed by atoms with van der Waals surface area (Å²) in [6, 6.07) is 4.06. The molecule has 0 bridgehead atoms. The number of rotatable bonds is 6. The van der Waals surface area contributed by atoms with E-state index in [1.165, 1.54) is 30.6 Å². The smallest absolute Gasteiger partial charge is 0.0931 e. The van der Waals surface area contributed by atoms with Gasteiger partial charge in [0.25, 0.3) is 0 Å². The Morgan fingerprint density at radius 1 is 1.43 bits per heavy atom. The number of nitrogens with one attached hydrogen (secondary N) is 1. The molecule has 0 amide bonds. The van der Waals surface area contributed by atoms with Crippen molar-refractivity contribution in [3.8, 4) is 0 Å². The van der Waals surface area contributed by atoms with E-state index in [1.54, 1.807) is 11.3 Å². The second-order valence-corrected chi connectivity index (χ2v) is 5.77. The Morgan fingerprint density at radius 3 is 2.93 bits per heavy atom. The van der Waals surface area contributed by atoms with E-state index in [9.17, 15) is 0 Å². The Morgan fingerprint density at radius 2 is 2.29 bits per heavy atom. The first kappa shape index (κ1) is 10.5. The fourth-order valence-electron chi connectivity index (χ4n) is 1.58. The van der Waals surface area contributed by atoms with Gasteiger partial charge in [-0.25, -0.2) is 0 Å². The zero-order valence-electron chi connectivity index (χ0n) is 8.26. The molecule has 1 aromatic heterocycles. The normalized spacial score (nSPS) is 16.1. The largest absolute Gasteiger partial charge is 0.312 e. The second kappa shape index (κ2) is 5.15. The van der Waals surface area contributed by atoms with Crippen LogP contribution < -0.4 is 5.32 Å². The molecule has 1 N–H and O–H groups in total. The van der Waals surface area contributed by atoms with Gasteiger partial charge in [-0.2, -0.15) is 0 Å². The standard InChI is InChI=1S/C11H16ClNS/c12-11-6-5-10(14-11)8-13-7-1-2-9-3-4-9/h5-6,9,13H,1-4,7-8H2. The van der Waals surface area contributed by atoms with Gasteiger partial charge in [0.1, 0.15) is 0 Å². The van der Waals surface area contributed by atoms with E-state index in [1.807, 2.05) is 6.07 Å². The first-order valence-electron chi connectivity index (χ1n) is 5.29. The van der Waals surface area contributed by atoms with Crippen molar-refractivity contribution in [2.75, 3.05) is 6.54 Å². The fourth-order valence-corrected chi connectivity index (χ4v) is 2.64. The van der Waals surface area contributed by atoms with Crippen molar-refractivity contribution < 1.29 is 0 Å². The third-order valence-electron chi connectivity index (χ3n) is 2.59. The highest BCUT2D eigenvalue weighted by Crippen LogP contribution is 2.33. The zero-order valence-corrected chi connectivity index (χ0v) is 9.83. The summed E-state index contributed by atoms with van der Waals surface area (Å²) in [5.74, 6) is 1.06. The van der Waals surface area contributed by atoms with Crippen molar-refractivity contribution in [2.24, 2.45) is 5.92 Å². The molecule has 0 radical (unpaired) electrons. The molecule has 1 saturated carbocycles. The van der Waals surface area contributed by atoms with E-state index in [-0.39, 0.29) is 0 Å². The summed E-state index contributed by atoms with van der Waals surface area (Å²) in [6.45, 7) is 2.12. The van der Waals surface area contributed by atoms with Gasteiger partial charge in [-0.3, -0.25) is 0 Å². The SMILES string of the molecule is Clc1ccc(CNCCCC2CC2)s1. The second-order valence-electron chi connectivity index (χ2n) is 3.97. The molecule has 1 nitrogen and oxygen atoms in total. The van der Waals surface area contributed by atoms with Gasteiger partial charge in [-0.15, -0.1) is 11.3 Å². The quantitative estimate of drug-likeness (QED) is 0.734. The van der Waals surface area contributed by atoms with Crippen LogP contribution in [-0.4, -0.2) is 6.54 Å². The maximum absolute atomic E-state index is 5.84. The van der Waals surface area contributed by atoms with Crippen molar-refractivity contribution >= 4 is 22.9 Å². The van der Waals surface area contributed by atoms with E-state index < -0.39 is 0 Å². The van der Waals surface area contributed by atoms with E-state index in [0.29, 0.717) is 0 Å². The van der Waals surface area contributed by atoms with Crippen molar-refractivity contribution in [3.63, 3.8) is 0 Å². The molecule has 0 unspecified atom stereocenters. The average Bonchev–Trinajstić information content (AvgIpc) is 2.89. The predicted molar refractivity (Wildman–Crippen MR) is 63.0 cm³/mol. The van der Waals surface area contributed by atoms with Crippen LogP contribution in [-0.2, 0) is 6.54 Å². The predicted octanol–water partition coefficient (Wildman–Crippen LogP) is 3.68. The molecule has 14 heavy (non-hydrogen) atoms. The molecule has 0 atom stereocenters. The lowest BCUT2D eigenvalue weighted by atomic mass is 10.2. The first-order valence-corrected chi connectivity index (χ1v) is 6.49. The molecule has 3 heteroatoms. The molecule has 1 heterocycles. The van der Waals surface area contributed by atoms with Gasteiger partial charge < -0.3 is 5.32 Å². The summed E-state index contributed by atoms with van der Waals surface area (Å²) >= 11 is 7.51. The Labute approximate surface area is 94.5 Å². The highest BCUT2D eigenvalue weighted by atomic mass is 35.5. The van der Waals surface area contributed by atoms with Gasteiger partial charge in [0.2, 0.25) is 0 Å². The molecular weight excluding hydrogens is 214 g/mol. The summed E-state index contributed by atoms with van der Waals surface area (Å²) < 4.78 is 0.889. The van der Waals surface area contributed by atoms with Crippen molar-refractivity contribution in [3.05, 3.63) is 21.3 Å². The molecule has 2 rings (SSSR count). The van der Waals surface area contributed by atoms with E-state index in [0.717, 1.165) is 23.3 Å². The van der Waals surface area contributed by atoms with Gasteiger partial charge in [0.15, 0.2) is 0 Å². The Kier molecular flexibility index (Phi) is 3.85. The lowest BCUT2D eigenvalue weighted by Gasteiger charge is -2.01. The van der Waals surface area contributed by atoms with Crippen LogP contribution in [0.25, 0.3) is 0 Å². The molecule has 1 fully saturated rings. The fraction of sp³-hybridized carbons (Fsp3) is 0.636. The summed E-state index contributed by atoms with van der Waals surface area (Å²) in [6.07, 6.45) is 5.68. The van der Waals surface area contributed by atoms with Crippen LogP contribution >= 0.6 is 22.9 Å². The topological polar surface area (TPSA) is 12.0 Å². The monoisotopic (exact) mass is 229 g/mol. The number of thiophene rings is 1. The highest BCUT2D eigenvalue weighted by molar-refractivity contribution is 7.16. The first-order chi connectivity index (χ1) is 6.84. The number of hydrogen-bond donors (Lipinski definition) is 1. The lowest BCUT2D eigenvalue weighted by molar-refractivity contribution is 0.596. The molecule has 0 aliphatic heterocycles. The van der Waals surface area contributed by atoms with Gasteiger partial charge in [0, 0.05) is 11.4 Å².